The van der Waals surface area contributed by atoms with Crippen molar-refractivity contribution in [1.29, 1.82) is 0 Å². The molecule has 0 aliphatic heterocycles. The zero-order chi connectivity index (χ0) is 13.5. The van der Waals surface area contributed by atoms with E-state index in [1.54, 1.807) is 18.8 Å². The van der Waals surface area contributed by atoms with Gasteiger partial charge in [0.1, 0.15) is 6.61 Å². The van der Waals surface area contributed by atoms with Gasteiger partial charge in [0.2, 0.25) is 5.88 Å². The van der Waals surface area contributed by atoms with Gasteiger partial charge >= 0.3 is 0 Å². The summed E-state index contributed by atoms with van der Waals surface area (Å²) in [6.45, 7) is 2.71. The molecule has 1 aromatic rings. The number of rotatable bonds is 8. The zero-order valence-corrected chi connectivity index (χ0v) is 10.9. The van der Waals surface area contributed by atoms with Crippen LogP contribution in [0.3, 0.4) is 0 Å². The zero-order valence-electron chi connectivity index (χ0n) is 10.9. The van der Waals surface area contributed by atoms with Crippen LogP contribution in [0.4, 0.5) is 8.78 Å². The molecule has 0 atom stereocenters. The quantitative estimate of drug-likeness (QED) is 0.714. The minimum atomic E-state index is -2.41. The predicted octanol–water partition coefficient (Wildman–Crippen LogP) is 1.11. The van der Waals surface area contributed by atoms with Gasteiger partial charge in [0, 0.05) is 20.1 Å². The van der Waals surface area contributed by atoms with Crippen LogP contribution in [0.25, 0.3) is 0 Å². The molecule has 104 valence electrons. The summed E-state index contributed by atoms with van der Waals surface area (Å²) in [6, 6.07) is 0. The number of hydrogen-bond donors (Lipinski definition) is 1. The van der Waals surface area contributed by atoms with Crippen molar-refractivity contribution in [1.82, 2.24) is 15.1 Å². The largest absolute Gasteiger partial charge is 0.481 e. The highest BCUT2D eigenvalue weighted by Crippen LogP contribution is 2.20. The molecule has 1 rings (SSSR count). The van der Waals surface area contributed by atoms with Crippen LogP contribution in [0.1, 0.15) is 11.3 Å². The number of aromatic nitrogens is 2. The lowest BCUT2D eigenvalue weighted by Crippen LogP contribution is -2.21. The van der Waals surface area contributed by atoms with Crippen LogP contribution < -0.4 is 10.1 Å². The summed E-state index contributed by atoms with van der Waals surface area (Å²) in [6.07, 6.45) is -2.41. The Morgan fingerprint density at radius 3 is 2.78 bits per heavy atom. The molecule has 0 radical (unpaired) electrons. The van der Waals surface area contributed by atoms with Crippen molar-refractivity contribution < 1.29 is 18.3 Å². The van der Waals surface area contributed by atoms with Crippen molar-refractivity contribution in [3.63, 3.8) is 0 Å². The molecule has 7 heteroatoms. The number of alkyl halides is 2. The lowest BCUT2D eigenvalue weighted by molar-refractivity contribution is 0.0187. The maximum atomic E-state index is 11.8. The number of methoxy groups -OCH3 is 1. The van der Waals surface area contributed by atoms with E-state index < -0.39 is 13.0 Å². The van der Waals surface area contributed by atoms with E-state index in [2.05, 4.69) is 10.4 Å². The van der Waals surface area contributed by atoms with Gasteiger partial charge in [0.15, 0.2) is 0 Å². The summed E-state index contributed by atoms with van der Waals surface area (Å²) in [4.78, 5) is 0. The molecule has 0 saturated carbocycles. The number of hydrogen-bond acceptors (Lipinski definition) is 4. The van der Waals surface area contributed by atoms with Crippen LogP contribution >= 0.6 is 0 Å². The van der Waals surface area contributed by atoms with Gasteiger partial charge in [0.25, 0.3) is 6.43 Å². The van der Waals surface area contributed by atoms with Crippen LogP contribution in [0, 0.1) is 6.92 Å². The molecule has 1 heterocycles. The third-order valence-corrected chi connectivity index (χ3v) is 2.45. The molecule has 0 saturated heterocycles. The smallest absolute Gasteiger partial charge is 0.261 e. The lowest BCUT2D eigenvalue weighted by atomic mass is 10.2. The molecule has 18 heavy (non-hydrogen) atoms. The molecule has 5 nitrogen and oxygen atoms in total. The van der Waals surface area contributed by atoms with Gasteiger partial charge in [-0.05, 0) is 6.92 Å². The second-order valence-corrected chi connectivity index (χ2v) is 3.84. The van der Waals surface area contributed by atoms with Crippen LogP contribution in [0.2, 0.25) is 0 Å². The van der Waals surface area contributed by atoms with E-state index in [0.29, 0.717) is 19.0 Å². The maximum absolute atomic E-state index is 11.8. The Kier molecular flexibility index (Phi) is 6.00. The summed E-state index contributed by atoms with van der Waals surface area (Å²) in [5.41, 5.74) is 1.85. The molecule has 0 amide bonds. The topological polar surface area (TPSA) is 48.3 Å². The minimum Gasteiger partial charge on any atom is -0.481 e. The molecule has 0 bridgehead atoms. The molecule has 0 aromatic carbocycles. The van der Waals surface area contributed by atoms with Gasteiger partial charge in [-0.2, -0.15) is 5.10 Å². The highest BCUT2D eigenvalue weighted by Gasteiger charge is 2.12. The van der Waals surface area contributed by atoms with Gasteiger partial charge < -0.3 is 14.8 Å². The number of aryl methyl sites for hydroxylation is 2. The Hall–Kier alpha value is -1.21. The first-order chi connectivity index (χ1) is 8.56. The van der Waals surface area contributed by atoms with Crippen LogP contribution in [0.15, 0.2) is 0 Å². The SMILES string of the molecule is COc1c(CNCCOCC(F)F)c(C)nn1C. The van der Waals surface area contributed by atoms with Gasteiger partial charge in [0.05, 0.1) is 25.0 Å². The first-order valence-electron chi connectivity index (χ1n) is 5.69. The molecule has 1 N–H and O–H groups in total. The molecule has 0 aliphatic carbocycles. The summed E-state index contributed by atoms with van der Waals surface area (Å²) in [7, 11) is 3.40. The molecular formula is C11H19F2N3O2. The summed E-state index contributed by atoms with van der Waals surface area (Å²) in [5, 5.41) is 7.34. The predicted molar refractivity (Wildman–Crippen MR) is 63.0 cm³/mol. The van der Waals surface area contributed by atoms with Gasteiger partial charge in [-0.15, -0.1) is 0 Å². The monoisotopic (exact) mass is 263 g/mol. The average molecular weight is 263 g/mol. The Labute approximate surface area is 105 Å². The van der Waals surface area contributed by atoms with E-state index in [4.69, 9.17) is 9.47 Å². The number of nitrogens with one attached hydrogen (secondary N) is 1. The third kappa shape index (κ3) is 4.23. The number of halogens is 2. The summed E-state index contributed by atoms with van der Waals surface area (Å²) >= 11 is 0. The molecule has 1 aromatic heterocycles. The minimum absolute atomic E-state index is 0.256. The van der Waals surface area contributed by atoms with Crippen molar-refractivity contribution >= 4 is 0 Å². The van der Waals surface area contributed by atoms with Gasteiger partial charge in [-0.1, -0.05) is 0 Å². The Balaban J connectivity index is 2.31. The first-order valence-corrected chi connectivity index (χ1v) is 5.69. The van der Waals surface area contributed by atoms with E-state index in [1.165, 1.54) is 0 Å². The van der Waals surface area contributed by atoms with E-state index in [-0.39, 0.29) is 6.61 Å². The van der Waals surface area contributed by atoms with Crippen molar-refractivity contribution in [3.05, 3.63) is 11.3 Å². The fourth-order valence-electron chi connectivity index (χ4n) is 1.67. The molecule has 0 aliphatic rings. The Morgan fingerprint density at radius 2 is 2.17 bits per heavy atom. The lowest BCUT2D eigenvalue weighted by Gasteiger charge is -2.07. The summed E-state index contributed by atoms with van der Waals surface area (Å²) < 4.78 is 35.2. The highest BCUT2D eigenvalue weighted by atomic mass is 19.3. The Bertz CT molecular complexity index is 369. The average Bonchev–Trinajstić information content (AvgIpc) is 2.57. The molecule has 0 unspecified atom stereocenters. The standard InChI is InChI=1S/C11H19F2N3O2/c1-8-9(11(17-3)16(2)15-8)6-14-4-5-18-7-10(12)13/h10,14H,4-7H2,1-3H3. The molecule has 0 fully saturated rings. The second kappa shape index (κ2) is 7.27. The van der Waals surface area contributed by atoms with Crippen LogP contribution in [-0.2, 0) is 18.3 Å². The molecular weight excluding hydrogens is 244 g/mol. The first kappa shape index (κ1) is 14.8. The maximum Gasteiger partial charge on any atom is 0.261 e. The van der Waals surface area contributed by atoms with E-state index >= 15 is 0 Å². The Morgan fingerprint density at radius 1 is 1.44 bits per heavy atom. The van der Waals surface area contributed by atoms with Crippen LogP contribution in [-0.4, -0.2) is 43.1 Å². The summed E-state index contributed by atoms with van der Waals surface area (Å²) in [5.74, 6) is 0.702. The fourth-order valence-corrected chi connectivity index (χ4v) is 1.67. The van der Waals surface area contributed by atoms with Crippen LogP contribution in [0.5, 0.6) is 5.88 Å². The number of nitrogens with zero attached hydrogens (tertiary/aromatic N) is 2. The van der Waals surface area contributed by atoms with Crippen molar-refractivity contribution in [3.8, 4) is 5.88 Å². The van der Waals surface area contributed by atoms with Crippen molar-refractivity contribution in [2.45, 2.75) is 19.9 Å². The van der Waals surface area contributed by atoms with Gasteiger partial charge in [-0.3, -0.25) is 0 Å². The number of ether oxygens (including phenoxy) is 2. The highest BCUT2D eigenvalue weighted by molar-refractivity contribution is 5.30. The normalized spacial score (nSPS) is 11.2. The fraction of sp³-hybridized carbons (Fsp3) is 0.727. The van der Waals surface area contributed by atoms with Gasteiger partial charge in [-0.25, -0.2) is 13.5 Å². The van der Waals surface area contributed by atoms with Crippen molar-refractivity contribution in [2.24, 2.45) is 7.05 Å². The molecule has 0 spiro atoms. The third-order valence-electron chi connectivity index (χ3n) is 2.45. The van der Waals surface area contributed by atoms with E-state index in [0.717, 1.165) is 11.3 Å². The van der Waals surface area contributed by atoms with E-state index in [1.807, 2.05) is 6.92 Å². The van der Waals surface area contributed by atoms with E-state index in [9.17, 15) is 8.78 Å². The van der Waals surface area contributed by atoms with Crippen molar-refractivity contribution in [2.75, 3.05) is 26.9 Å². The second-order valence-electron chi connectivity index (χ2n) is 3.84.